The van der Waals surface area contributed by atoms with E-state index in [9.17, 15) is 24.3 Å². The van der Waals surface area contributed by atoms with Gasteiger partial charge in [-0.1, -0.05) is 6.92 Å². The molecule has 3 amide bonds. The number of nitrogens with two attached hydrogens (primary N) is 1. The minimum absolute atomic E-state index is 0.00499. The molecule has 3 aliphatic heterocycles. The van der Waals surface area contributed by atoms with Crippen molar-refractivity contribution in [3.8, 4) is 0 Å². The van der Waals surface area contributed by atoms with Crippen LogP contribution in [0, 0.1) is 17.8 Å². The molecule has 200 valence electrons. The van der Waals surface area contributed by atoms with Crippen molar-refractivity contribution in [3.63, 3.8) is 0 Å². The summed E-state index contributed by atoms with van der Waals surface area (Å²) in [5, 5.41) is 22.2. The number of likely N-dealkylation sites (N-methyl/N-ethyl adjacent to an activating group) is 1. The normalized spacial score (nSPS) is 34.4. The fraction of sp³-hybridized carbons (Fsp3) is 0.750. The number of rotatable bonds is 10. The van der Waals surface area contributed by atoms with Crippen molar-refractivity contribution in [2.24, 2.45) is 23.5 Å². The Hall–Kier alpha value is -2.15. The van der Waals surface area contributed by atoms with Crippen LogP contribution in [0.25, 0.3) is 0 Å². The number of carboxylic acids is 1. The lowest BCUT2D eigenvalue weighted by atomic mass is 9.78. The maximum absolute atomic E-state index is 13.0. The fourth-order valence-electron chi connectivity index (χ4n) is 6.08. The van der Waals surface area contributed by atoms with Gasteiger partial charge in [-0.3, -0.25) is 14.4 Å². The van der Waals surface area contributed by atoms with Gasteiger partial charge in [0.1, 0.15) is 5.70 Å². The van der Waals surface area contributed by atoms with E-state index in [0.717, 1.165) is 25.7 Å². The Morgan fingerprint density at radius 1 is 1.28 bits per heavy atom. The van der Waals surface area contributed by atoms with Crippen molar-refractivity contribution in [2.45, 2.75) is 68.9 Å². The lowest BCUT2D eigenvalue weighted by Gasteiger charge is -2.47. The van der Waals surface area contributed by atoms with Crippen LogP contribution in [0.3, 0.4) is 0 Å². The molecule has 4 rings (SSSR count). The standard InChI is InChI=1S/C24H38N6O5S/c1-11-19-18(12(2)29-17(31)10-26-3)23(33)30(19)20(24(34)35)21(11)36-16-7-15(27-9-16)8-28-22(32)13-4-5-14(25)6-13/h11-16,18-19,26-27H,4-10,25H2,1-3H3,(H,28,32)(H,29,31)(H,34,35)/t11-,12-,13-,14+,15+,16+,18-,19-/m1/s1. The van der Waals surface area contributed by atoms with Crippen LogP contribution < -0.4 is 27.0 Å². The summed E-state index contributed by atoms with van der Waals surface area (Å²) in [6.07, 6.45) is 3.25. The van der Waals surface area contributed by atoms with Gasteiger partial charge in [0.15, 0.2) is 0 Å². The summed E-state index contributed by atoms with van der Waals surface area (Å²) in [5.41, 5.74) is 6.00. The number of nitrogens with one attached hydrogen (secondary N) is 4. The maximum Gasteiger partial charge on any atom is 0.353 e. The zero-order chi connectivity index (χ0) is 26.1. The zero-order valence-electron chi connectivity index (χ0n) is 21.1. The zero-order valence-corrected chi connectivity index (χ0v) is 21.9. The second kappa shape index (κ2) is 11.1. The van der Waals surface area contributed by atoms with E-state index in [2.05, 4.69) is 21.3 Å². The Bertz CT molecular complexity index is 944. The van der Waals surface area contributed by atoms with Crippen LogP contribution in [0.1, 0.15) is 39.5 Å². The fourth-order valence-corrected chi connectivity index (χ4v) is 7.60. The van der Waals surface area contributed by atoms with Crippen LogP contribution in [0.5, 0.6) is 0 Å². The predicted molar refractivity (Wildman–Crippen MR) is 136 cm³/mol. The van der Waals surface area contributed by atoms with Crippen molar-refractivity contribution in [1.82, 2.24) is 26.2 Å². The van der Waals surface area contributed by atoms with Crippen molar-refractivity contribution < 1.29 is 24.3 Å². The van der Waals surface area contributed by atoms with E-state index in [1.807, 2.05) is 6.92 Å². The summed E-state index contributed by atoms with van der Waals surface area (Å²) in [7, 11) is 1.67. The molecule has 0 radical (unpaired) electrons. The van der Waals surface area contributed by atoms with Crippen LogP contribution >= 0.6 is 11.8 Å². The van der Waals surface area contributed by atoms with E-state index in [0.29, 0.717) is 18.0 Å². The van der Waals surface area contributed by atoms with Gasteiger partial charge >= 0.3 is 5.97 Å². The first-order valence-corrected chi connectivity index (χ1v) is 13.7. The van der Waals surface area contributed by atoms with E-state index in [-0.39, 0.29) is 65.2 Å². The molecule has 2 saturated heterocycles. The van der Waals surface area contributed by atoms with E-state index < -0.39 is 17.9 Å². The van der Waals surface area contributed by atoms with Gasteiger partial charge in [-0.05, 0) is 39.7 Å². The highest BCUT2D eigenvalue weighted by molar-refractivity contribution is 8.03. The average Bonchev–Trinajstić information content (AvgIpc) is 3.50. The lowest BCUT2D eigenvalue weighted by molar-refractivity contribution is -0.158. The van der Waals surface area contributed by atoms with Crippen LogP contribution in [0.4, 0.5) is 0 Å². The Balaban J connectivity index is 1.35. The number of carbonyl (C=O) groups excluding carboxylic acids is 3. The molecule has 11 nitrogen and oxygen atoms in total. The van der Waals surface area contributed by atoms with Crippen LogP contribution in [-0.2, 0) is 19.2 Å². The smallest absolute Gasteiger partial charge is 0.353 e. The van der Waals surface area contributed by atoms with Gasteiger partial charge in [0.2, 0.25) is 17.7 Å². The molecule has 4 aliphatic rings. The van der Waals surface area contributed by atoms with Crippen LogP contribution in [0.2, 0.25) is 0 Å². The van der Waals surface area contributed by atoms with Crippen molar-refractivity contribution in [1.29, 1.82) is 0 Å². The number of hydrogen-bond donors (Lipinski definition) is 6. The molecule has 0 spiro atoms. The third-order valence-electron chi connectivity index (χ3n) is 7.90. The second-order valence-electron chi connectivity index (χ2n) is 10.5. The molecule has 0 bridgehead atoms. The number of fused-ring (bicyclic) bond motifs is 1. The summed E-state index contributed by atoms with van der Waals surface area (Å²) in [4.78, 5) is 51.7. The molecule has 3 heterocycles. The number of aliphatic carboxylic acids is 1. The highest BCUT2D eigenvalue weighted by Gasteiger charge is 2.60. The SMILES string of the molecule is CNCC(=O)N[C@H](C)[C@H]1C(=O)N2C(C(=O)O)=C(S[C@@H]3CN[C@H](CNC(=O)[C@@H]4CC[C@H](N)C4)C3)[C@H](C)[C@H]12. The molecule has 1 saturated carbocycles. The average molecular weight is 523 g/mol. The first-order chi connectivity index (χ1) is 17.1. The number of thioether (sulfide) groups is 1. The maximum atomic E-state index is 13.0. The quantitative estimate of drug-likeness (QED) is 0.201. The van der Waals surface area contributed by atoms with E-state index >= 15 is 0 Å². The summed E-state index contributed by atoms with van der Waals surface area (Å²) in [5.74, 6) is -2.10. The molecule has 1 aliphatic carbocycles. The summed E-state index contributed by atoms with van der Waals surface area (Å²) >= 11 is 1.52. The Labute approximate surface area is 215 Å². The van der Waals surface area contributed by atoms with Crippen molar-refractivity contribution in [2.75, 3.05) is 26.7 Å². The van der Waals surface area contributed by atoms with Gasteiger partial charge in [0.05, 0.1) is 18.5 Å². The Morgan fingerprint density at radius 3 is 2.67 bits per heavy atom. The molecule has 0 aromatic rings. The number of nitrogens with zero attached hydrogens (tertiary/aromatic N) is 1. The van der Waals surface area contributed by atoms with Crippen molar-refractivity contribution in [3.05, 3.63) is 10.6 Å². The Morgan fingerprint density at radius 2 is 2.03 bits per heavy atom. The van der Waals surface area contributed by atoms with Crippen LogP contribution in [0.15, 0.2) is 10.6 Å². The summed E-state index contributed by atoms with van der Waals surface area (Å²) in [6.45, 7) is 5.14. The monoisotopic (exact) mass is 522 g/mol. The van der Waals surface area contributed by atoms with Gasteiger partial charge in [-0.2, -0.15) is 0 Å². The van der Waals surface area contributed by atoms with Gasteiger partial charge in [0.25, 0.3) is 0 Å². The summed E-state index contributed by atoms with van der Waals surface area (Å²) < 4.78 is 0. The van der Waals surface area contributed by atoms with Gasteiger partial charge < -0.3 is 37.0 Å². The number of carboxylic acid groups (broad SMARTS) is 1. The molecule has 7 N–H and O–H groups in total. The highest BCUT2D eigenvalue weighted by atomic mass is 32.2. The first kappa shape index (κ1) is 26.9. The van der Waals surface area contributed by atoms with E-state index in [1.165, 1.54) is 16.7 Å². The predicted octanol–water partition coefficient (Wildman–Crippen LogP) is -0.809. The first-order valence-electron chi connectivity index (χ1n) is 12.8. The van der Waals surface area contributed by atoms with Gasteiger partial charge in [-0.25, -0.2) is 4.79 Å². The highest BCUT2D eigenvalue weighted by Crippen LogP contribution is 2.51. The number of hydrogen-bond acceptors (Lipinski definition) is 8. The molecule has 3 fully saturated rings. The molecule has 0 unspecified atom stereocenters. The number of β-lactam (4-membered cyclic amide) rings is 1. The largest absolute Gasteiger partial charge is 0.477 e. The summed E-state index contributed by atoms with van der Waals surface area (Å²) in [6, 6.07) is -0.447. The van der Waals surface area contributed by atoms with E-state index in [4.69, 9.17) is 5.73 Å². The van der Waals surface area contributed by atoms with Gasteiger partial charge in [0, 0.05) is 53.2 Å². The van der Waals surface area contributed by atoms with Gasteiger partial charge in [-0.15, -0.1) is 11.8 Å². The topological polar surface area (TPSA) is 166 Å². The minimum Gasteiger partial charge on any atom is -0.477 e. The molecule has 0 aromatic carbocycles. The second-order valence-corrected chi connectivity index (χ2v) is 11.9. The minimum atomic E-state index is -1.10. The third-order valence-corrected chi connectivity index (χ3v) is 9.41. The van der Waals surface area contributed by atoms with E-state index in [1.54, 1.807) is 14.0 Å². The molecular weight excluding hydrogens is 484 g/mol. The number of carbonyl (C=O) groups is 4. The third kappa shape index (κ3) is 5.27. The lowest BCUT2D eigenvalue weighted by Crippen LogP contribution is -2.66. The molecule has 12 heteroatoms. The number of amides is 3. The molecule has 36 heavy (non-hydrogen) atoms. The molecular formula is C24H38N6O5S. The molecule has 0 aromatic heterocycles. The molecule has 8 atom stereocenters. The van der Waals surface area contributed by atoms with Crippen molar-refractivity contribution >= 4 is 35.5 Å². The van der Waals surface area contributed by atoms with Crippen LogP contribution in [-0.4, -0.2) is 89.8 Å². The Kier molecular flexibility index (Phi) is 8.28.